The fourth-order valence-corrected chi connectivity index (χ4v) is 3.39. The van der Waals surface area contributed by atoms with Crippen molar-refractivity contribution in [2.45, 2.75) is 31.9 Å². The molecule has 1 aliphatic rings. The van der Waals surface area contributed by atoms with Gasteiger partial charge in [0, 0.05) is 31.9 Å². The molecule has 3 rings (SSSR count). The van der Waals surface area contributed by atoms with Crippen LogP contribution in [0.4, 0.5) is 4.79 Å². The van der Waals surface area contributed by atoms with Crippen LogP contribution in [0.15, 0.2) is 54.7 Å². The van der Waals surface area contributed by atoms with Crippen molar-refractivity contribution < 1.29 is 14.3 Å². The van der Waals surface area contributed by atoms with Crippen molar-refractivity contribution in [2.24, 2.45) is 0 Å². The molecule has 0 spiro atoms. The predicted octanol–water partition coefficient (Wildman–Crippen LogP) is 2.51. The number of hydrogen-bond donors (Lipinski definition) is 2. The Kier molecular flexibility index (Phi) is 6.97. The quantitative estimate of drug-likeness (QED) is 0.802. The Morgan fingerprint density at radius 1 is 1.14 bits per heavy atom. The molecule has 148 valence electrons. The van der Waals surface area contributed by atoms with E-state index in [9.17, 15) is 9.59 Å². The molecule has 7 heteroatoms. The van der Waals surface area contributed by atoms with E-state index in [0.29, 0.717) is 25.5 Å². The Morgan fingerprint density at radius 3 is 2.50 bits per heavy atom. The summed E-state index contributed by atoms with van der Waals surface area (Å²) in [4.78, 5) is 31.0. The number of aromatic nitrogens is 1. The van der Waals surface area contributed by atoms with Gasteiger partial charge in [-0.2, -0.15) is 0 Å². The lowest BCUT2D eigenvalue weighted by Crippen LogP contribution is -2.49. The van der Waals surface area contributed by atoms with Crippen molar-refractivity contribution in [3.05, 3.63) is 60.3 Å². The monoisotopic (exact) mass is 382 g/mol. The van der Waals surface area contributed by atoms with Crippen molar-refractivity contribution in [1.29, 1.82) is 0 Å². The molecule has 0 radical (unpaired) electrons. The van der Waals surface area contributed by atoms with Crippen LogP contribution >= 0.6 is 0 Å². The minimum Gasteiger partial charge on any atom is -0.474 e. The van der Waals surface area contributed by atoms with Gasteiger partial charge in [0.2, 0.25) is 11.8 Å². The lowest BCUT2D eigenvalue weighted by molar-refractivity contribution is -0.126. The molecule has 7 nitrogen and oxygen atoms in total. The zero-order valence-corrected chi connectivity index (χ0v) is 16.0. The molecule has 0 aliphatic carbocycles. The van der Waals surface area contributed by atoms with E-state index in [1.54, 1.807) is 6.20 Å². The topological polar surface area (TPSA) is 83.6 Å². The highest BCUT2D eigenvalue weighted by Crippen LogP contribution is 2.26. The van der Waals surface area contributed by atoms with Crippen LogP contribution in [0.1, 0.15) is 31.4 Å². The molecule has 0 bridgehead atoms. The van der Waals surface area contributed by atoms with Gasteiger partial charge in [-0.05, 0) is 31.4 Å². The van der Waals surface area contributed by atoms with Crippen molar-refractivity contribution in [3.8, 4) is 5.88 Å². The highest BCUT2D eigenvalue weighted by molar-refractivity contribution is 5.97. The lowest BCUT2D eigenvalue weighted by Gasteiger charge is -2.36. The van der Waals surface area contributed by atoms with Crippen LogP contribution in [0.3, 0.4) is 0 Å². The summed E-state index contributed by atoms with van der Waals surface area (Å²) in [6, 6.07) is 14.2. The third kappa shape index (κ3) is 5.29. The minimum atomic E-state index is -0.514. The fraction of sp³-hybridized carbons (Fsp3) is 0.381. The van der Waals surface area contributed by atoms with Gasteiger partial charge < -0.3 is 10.1 Å². The van der Waals surface area contributed by atoms with E-state index in [1.807, 2.05) is 55.5 Å². The number of likely N-dealkylation sites (tertiary alicyclic amines) is 1. The van der Waals surface area contributed by atoms with Crippen LogP contribution in [0, 0.1) is 0 Å². The van der Waals surface area contributed by atoms with Crippen LogP contribution in [0.2, 0.25) is 0 Å². The van der Waals surface area contributed by atoms with Crippen molar-refractivity contribution in [2.75, 3.05) is 19.6 Å². The van der Waals surface area contributed by atoms with Crippen molar-refractivity contribution in [3.63, 3.8) is 0 Å². The first-order chi connectivity index (χ1) is 13.7. The zero-order chi connectivity index (χ0) is 19.8. The molecule has 1 saturated heterocycles. The van der Waals surface area contributed by atoms with E-state index in [-0.39, 0.29) is 12.0 Å². The molecular formula is C21H26N4O3. The van der Waals surface area contributed by atoms with E-state index in [1.165, 1.54) is 0 Å². The zero-order valence-electron chi connectivity index (χ0n) is 16.0. The van der Waals surface area contributed by atoms with E-state index in [2.05, 4.69) is 20.5 Å². The van der Waals surface area contributed by atoms with E-state index < -0.39 is 12.1 Å². The van der Waals surface area contributed by atoms with Gasteiger partial charge in [0.1, 0.15) is 12.1 Å². The third-order valence-corrected chi connectivity index (χ3v) is 4.70. The number of nitrogens with one attached hydrogen (secondary N) is 2. The largest absolute Gasteiger partial charge is 0.474 e. The number of amides is 3. The summed E-state index contributed by atoms with van der Waals surface area (Å²) in [6.45, 7) is 3.66. The second kappa shape index (κ2) is 9.85. The van der Waals surface area contributed by atoms with E-state index >= 15 is 0 Å². The highest BCUT2D eigenvalue weighted by Gasteiger charge is 2.32. The fourth-order valence-electron chi connectivity index (χ4n) is 3.39. The third-order valence-electron chi connectivity index (χ3n) is 4.70. The van der Waals surface area contributed by atoms with Crippen LogP contribution < -0.4 is 15.4 Å². The molecule has 1 atom stereocenters. The second-order valence-electron chi connectivity index (χ2n) is 6.68. The number of carbonyl (C=O) groups excluding carboxylic acids is 2. The Labute approximate surface area is 165 Å². The Balaban J connectivity index is 1.66. The van der Waals surface area contributed by atoms with Gasteiger partial charge in [0.05, 0.1) is 0 Å². The highest BCUT2D eigenvalue weighted by atomic mass is 16.5. The maximum atomic E-state index is 12.8. The van der Waals surface area contributed by atoms with Crippen LogP contribution in [0.5, 0.6) is 5.88 Å². The molecule has 2 aromatic rings. The van der Waals surface area contributed by atoms with Gasteiger partial charge in [-0.25, -0.2) is 9.78 Å². The summed E-state index contributed by atoms with van der Waals surface area (Å²) in [5.74, 6) is 0.302. The van der Waals surface area contributed by atoms with E-state index in [0.717, 1.165) is 18.4 Å². The number of carbonyl (C=O) groups is 2. The summed E-state index contributed by atoms with van der Waals surface area (Å²) in [6.07, 6.45) is 3.35. The standard InChI is InChI=1S/C21H26N4O3/c1-2-22-21(27)24-20(26)19(16-8-4-3-5-9-16)25-14-11-17(12-15-25)28-18-10-6-7-13-23-18/h3-10,13,17,19H,2,11-12,14-15H2,1H3,(H2,22,24,26,27)/t19-/m1/s1. The second-order valence-corrected chi connectivity index (χ2v) is 6.68. The molecular weight excluding hydrogens is 356 g/mol. The number of hydrogen-bond acceptors (Lipinski definition) is 5. The van der Waals surface area contributed by atoms with Crippen LogP contribution in [-0.2, 0) is 4.79 Å². The predicted molar refractivity (Wildman–Crippen MR) is 106 cm³/mol. The smallest absolute Gasteiger partial charge is 0.321 e. The summed E-state index contributed by atoms with van der Waals surface area (Å²) >= 11 is 0. The molecule has 2 N–H and O–H groups in total. The van der Waals surface area contributed by atoms with Gasteiger partial charge in [0.25, 0.3) is 0 Å². The first-order valence-corrected chi connectivity index (χ1v) is 9.62. The Bertz CT molecular complexity index is 762. The molecule has 1 aliphatic heterocycles. The summed E-state index contributed by atoms with van der Waals surface area (Å²) < 4.78 is 5.94. The SMILES string of the molecule is CCNC(=O)NC(=O)[C@@H](c1ccccc1)N1CCC(Oc2ccccn2)CC1. The van der Waals surface area contributed by atoms with Gasteiger partial charge in [0.15, 0.2) is 0 Å². The van der Waals surface area contributed by atoms with Crippen molar-refractivity contribution >= 4 is 11.9 Å². The molecule has 2 heterocycles. The number of piperidine rings is 1. The molecule has 28 heavy (non-hydrogen) atoms. The molecule has 1 aromatic heterocycles. The number of imide groups is 1. The average molecular weight is 382 g/mol. The molecule has 3 amide bonds. The number of pyridine rings is 1. The maximum Gasteiger partial charge on any atom is 0.321 e. The van der Waals surface area contributed by atoms with Crippen molar-refractivity contribution in [1.82, 2.24) is 20.5 Å². The van der Waals surface area contributed by atoms with Gasteiger partial charge in [-0.15, -0.1) is 0 Å². The summed E-state index contributed by atoms with van der Waals surface area (Å²) in [7, 11) is 0. The van der Waals surface area contributed by atoms with Gasteiger partial charge >= 0.3 is 6.03 Å². The average Bonchev–Trinajstić information content (AvgIpc) is 2.71. The van der Waals surface area contributed by atoms with Gasteiger partial charge in [-0.3, -0.25) is 15.0 Å². The molecule has 0 unspecified atom stereocenters. The molecule has 0 saturated carbocycles. The maximum absolute atomic E-state index is 12.8. The normalized spacial score (nSPS) is 16.2. The number of benzene rings is 1. The Hall–Kier alpha value is -2.93. The first-order valence-electron chi connectivity index (χ1n) is 9.62. The number of urea groups is 1. The number of ether oxygens (including phenoxy) is 1. The number of nitrogens with zero attached hydrogens (tertiary/aromatic N) is 2. The molecule has 1 fully saturated rings. The van der Waals surface area contributed by atoms with Crippen LogP contribution in [-0.4, -0.2) is 47.6 Å². The summed E-state index contributed by atoms with van der Waals surface area (Å²) in [5.41, 5.74) is 0.869. The Morgan fingerprint density at radius 2 is 1.86 bits per heavy atom. The van der Waals surface area contributed by atoms with E-state index in [4.69, 9.17) is 4.74 Å². The van der Waals surface area contributed by atoms with Crippen LogP contribution in [0.25, 0.3) is 0 Å². The minimum absolute atomic E-state index is 0.0639. The first kappa shape index (κ1) is 19.8. The molecule has 1 aromatic carbocycles. The number of rotatable bonds is 6. The lowest BCUT2D eigenvalue weighted by atomic mass is 9.99. The van der Waals surface area contributed by atoms with Gasteiger partial charge in [-0.1, -0.05) is 36.4 Å². The summed E-state index contributed by atoms with van der Waals surface area (Å²) in [5, 5.41) is 5.06.